The molecule has 36 heavy (non-hydrogen) atoms. The van der Waals surface area contributed by atoms with Crippen molar-refractivity contribution in [2.45, 2.75) is 94.3 Å². The molecule has 3 saturated carbocycles. The van der Waals surface area contributed by atoms with Crippen molar-refractivity contribution in [3.05, 3.63) is 68.8 Å². The Bertz CT molecular complexity index is 1180. The second-order valence-corrected chi connectivity index (χ2v) is 12.8. The van der Waals surface area contributed by atoms with Gasteiger partial charge in [0.1, 0.15) is 12.2 Å². The highest BCUT2D eigenvalue weighted by Gasteiger charge is 2.63. The van der Waals surface area contributed by atoms with E-state index >= 15 is 0 Å². The third kappa shape index (κ3) is 4.48. The summed E-state index contributed by atoms with van der Waals surface area (Å²) in [5, 5.41) is 0. The van der Waals surface area contributed by atoms with Crippen LogP contribution < -0.4 is 0 Å². The fourth-order valence-electron chi connectivity index (χ4n) is 8.14. The normalized spacial score (nSPS) is 28.6. The zero-order chi connectivity index (χ0) is 26.7. The standard InChI is InChI=1S/C32H42O4/c1-17-11-19(3)24(20(4)12-17)29(33)35-27-26-23(7)15-32(10,16-31(26,8)9)28(27)36-30(34)25-21(5)13-18(2)14-22(25)6/h11-14,23,26-28H,15-16H2,1-10H3. The molecule has 2 aromatic rings. The average molecular weight is 491 g/mol. The molecule has 5 unspecified atom stereocenters. The predicted octanol–water partition coefficient (Wildman–Crippen LogP) is 7.38. The van der Waals surface area contributed by atoms with Gasteiger partial charge >= 0.3 is 11.9 Å². The van der Waals surface area contributed by atoms with Gasteiger partial charge in [0.2, 0.25) is 0 Å². The third-order valence-corrected chi connectivity index (χ3v) is 8.74. The maximum Gasteiger partial charge on any atom is 0.339 e. The number of fused-ring (bicyclic) bond motifs is 3. The van der Waals surface area contributed by atoms with E-state index in [0.29, 0.717) is 17.0 Å². The lowest BCUT2D eigenvalue weighted by molar-refractivity contribution is -0.218. The quantitative estimate of drug-likeness (QED) is 0.420. The van der Waals surface area contributed by atoms with E-state index in [2.05, 4.69) is 27.7 Å². The van der Waals surface area contributed by atoms with Gasteiger partial charge in [-0.3, -0.25) is 0 Å². The summed E-state index contributed by atoms with van der Waals surface area (Å²) in [7, 11) is 0. The van der Waals surface area contributed by atoms with Gasteiger partial charge in [-0.2, -0.15) is 0 Å². The number of hydrogen-bond acceptors (Lipinski definition) is 4. The van der Waals surface area contributed by atoms with Gasteiger partial charge in [0.15, 0.2) is 0 Å². The van der Waals surface area contributed by atoms with Crippen LogP contribution in [0.3, 0.4) is 0 Å². The number of ether oxygens (including phenoxy) is 2. The van der Waals surface area contributed by atoms with Crippen LogP contribution in [0.4, 0.5) is 0 Å². The fourth-order valence-corrected chi connectivity index (χ4v) is 8.14. The Balaban J connectivity index is 1.73. The third-order valence-electron chi connectivity index (χ3n) is 8.74. The van der Waals surface area contributed by atoms with E-state index in [1.165, 1.54) is 0 Å². The van der Waals surface area contributed by atoms with E-state index in [-0.39, 0.29) is 28.7 Å². The lowest BCUT2D eigenvalue weighted by atomic mass is 9.46. The highest BCUT2D eigenvalue weighted by atomic mass is 16.6. The van der Waals surface area contributed by atoms with E-state index in [0.717, 1.165) is 46.2 Å². The molecule has 2 aromatic carbocycles. The van der Waals surface area contributed by atoms with Crippen LogP contribution in [0.1, 0.15) is 94.6 Å². The van der Waals surface area contributed by atoms with E-state index in [4.69, 9.17) is 9.47 Å². The van der Waals surface area contributed by atoms with Gasteiger partial charge in [-0.25, -0.2) is 9.59 Å². The molecule has 3 aliphatic carbocycles. The summed E-state index contributed by atoms with van der Waals surface area (Å²) in [6.45, 7) is 20.9. The van der Waals surface area contributed by atoms with Crippen LogP contribution in [0.15, 0.2) is 24.3 Å². The molecule has 194 valence electrons. The van der Waals surface area contributed by atoms with E-state index in [9.17, 15) is 9.59 Å². The van der Waals surface area contributed by atoms with Gasteiger partial charge in [-0.05, 0) is 88.0 Å². The molecule has 0 spiro atoms. The predicted molar refractivity (Wildman–Crippen MR) is 143 cm³/mol. The van der Waals surface area contributed by atoms with Gasteiger partial charge in [-0.15, -0.1) is 0 Å². The Morgan fingerprint density at radius 3 is 1.58 bits per heavy atom. The largest absolute Gasteiger partial charge is 0.454 e. The average Bonchev–Trinajstić information content (AvgIpc) is 2.67. The first-order valence-corrected chi connectivity index (χ1v) is 13.2. The summed E-state index contributed by atoms with van der Waals surface area (Å²) in [5.74, 6) is -0.183. The highest BCUT2D eigenvalue weighted by molar-refractivity contribution is 5.94. The molecule has 3 aliphatic rings. The Labute approximate surface area is 216 Å². The molecule has 3 fully saturated rings. The molecule has 0 heterocycles. The minimum Gasteiger partial charge on any atom is -0.454 e. The summed E-state index contributed by atoms with van der Waals surface area (Å²) >= 11 is 0. The Kier molecular flexibility index (Phi) is 6.64. The van der Waals surface area contributed by atoms with Crippen LogP contribution >= 0.6 is 0 Å². The number of rotatable bonds is 4. The summed E-state index contributed by atoms with van der Waals surface area (Å²) in [5.41, 5.74) is 6.82. The topological polar surface area (TPSA) is 52.6 Å². The fraction of sp³-hybridized carbons (Fsp3) is 0.562. The van der Waals surface area contributed by atoms with Crippen molar-refractivity contribution in [3.8, 4) is 0 Å². The molecule has 0 saturated heterocycles. The van der Waals surface area contributed by atoms with Crippen molar-refractivity contribution in [3.63, 3.8) is 0 Å². The number of aryl methyl sites for hydroxylation is 6. The van der Waals surface area contributed by atoms with Crippen LogP contribution in [0, 0.1) is 64.2 Å². The van der Waals surface area contributed by atoms with Gasteiger partial charge < -0.3 is 9.47 Å². The first kappa shape index (κ1) is 26.4. The SMILES string of the molecule is Cc1cc(C)c(C(=O)OC2C3C(C)CC(C)(CC3(C)C)C2OC(=O)c2c(C)cc(C)cc2C)c(C)c1. The van der Waals surface area contributed by atoms with Crippen molar-refractivity contribution >= 4 is 11.9 Å². The maximum atomic E-state index is 13.6. The zero-order valence-corrected chi connectivity index (χ0v) is 23.7. The van der Waals surface area contributed by atoms with E-state index in [1.807, 2.05) is 65.8 Å². The minimum absolute atomic E-state index is 0.0344. The van der Waals surface area contributed by atoms with Crippen LogP contribution in [0.2, 0.25) is 0 Å². The van der Waals surface area contributed by atoms with Crippen LogP contribution in [-0.4, -0.2) is 24.1 Å². The van der Waals surface area contributed by atoms with Crippen LogP contribution in [-0.2, 0) is 9.47 Å². The van der Waals surface area contributed by atoms with Gasteiger partial charge in [-0.1, -0.05) is 63.1 Å². The Morgan fingerprint density at radius 1 is 0.750 bits per heavy atom. The number of esters is 2. The van der Waals surface area contributed by atoms with Crippen molar-refractivity contribution in [2.75, 3.05) is 0 Å². The Morgan fingerprint density at radius 2 is 1.17 bits per heavy atom. The zero-order valence-electron chi connectivity index (χ0n) is 23.7. The van der Waals surface area contributed by atoms with Gasteiger partial charge in [0.05, 0.1) is 11.1 Å². The Hall–Kier alpha value is -2.62. The molecule has 0 aliphatic heterocycles. The molecule has 2 bridgehead atoms. The first-order chi connectivity index (χ1) is 16.6. The second kappa shape index (κ2) is 9.04. The van der Waals surface area contributed by atoms with Crippen molar-refractivity contribution < 1.29 is 19.1 Å². The molecule has 0 amide bonds. The number of carbonyl (C=O) groups is 2. The van der Waals surface area contributed by atoms with E-state index < -0.39 is 12.2 Å². The molecule has 0 radical (unpaired) electrons. The molecular weight excluding hydrogens is 448 g/mol. The number of hydrogen-bond donors (Lipinski definition) is 0. The van der Waals surface area contributed by atoms with Gasteiger partial charge in [0.25, 0.3) is 0 Å². The summed E-state index contributed by atoms with van der Waals surface area (Å²) < 4.78 is 12.8. The van der Waals surface area contributed by atoms with E-state index in [1.54, 1.807) is 0 Å². The van der Waals surface area contributed by atoms with Crippen molar-refractivity contribution in [1.82, 2.24) is 0 Å². The molecule has 0 aromatic heterocycles. The lowest BCUT2D eigenvalue weighted by Gasteiger charge is -2.62. The summed E-state index contributed by atoms with van der Waals surface area (Å²) in [6.07, 6.45) is 0.885. The molecule has 5 rings (SSSR count). The minimum atomic E-state index is -0.495. The van der Waals surface area contributed by atoms with Gasteiger partial charge in [0, 0.05) is 11.3 Å². The number of benzene rings is 2. The molecule has 4 nitrogen and oxygen atoms in total. The monoisotopic (exact) mass is 490 g/mol. The molecule has 4 heteroatoms. The van der Waals surface area contributed by atoms with Crippen molar-refractivity contribution in [2.24, 2.45) is 22.7 Å². The van der Waals surface area contributed by atoms with Crippen molar-refractivity contribution in [1.29, 1.82) is 0 Å². The van der Waals surface area contributed by atoms with Crippen LogP contribution in [0.25, 0.3) is 0 Å². The number of carbonyl (C=O) groups excluding carboxylic acids is 2. The smallest absolute Gasteiger partial charge is 0.339 e. The highest BCUT2D eigenvalue weighted by Crippen LogP contribution is 2.62. The summed E-state index contributed by atoms with van der Waals surface area (Å²) in [6, 6.07) is 8.07. The second-order valence-electron chi connectivity index (χ2n) is 12.8. The van der Waals surface area contributed by atoms with Crippen LogP contribution in [0.5, 0.6) is 0 Å². The molecule has 5 atom stereocenters. The first-order valence-electron chi connectivity index (χ1n) is 13.2. The summed E-state index contributed by atoms with van der Waals surface area (Å²) in [4.78, 5) is 27.3. The lowest BCUT2D eigenvalue weighted by Crippen LogP contribution is -2.65. The molecular formula is C32H42O4. The molecule has 0 N–H and O–H groups in total. The maximum absolute atomic E-state index is 13.6.